The maximum Gasteiger partial charge on any atom is 0.410 e. The fraction of sp³-hybridized carbons (Fsp3) is 0.929. The minimum Gasteiger partial charge on any atom is -0.444 e. The van der Waals surface area contributed by atoms with E-state index in [1.807, 2.05) is 25.7 Å². The molecule has 3 unspecified atom stereocenters. The van der Waals surface area contributed by atoms with E-state index in [4.69, 9.17) is 4.74 Å². The van der Waals surface area contributed by atoms with E-state index in [2.05, 4.69) is 12.2 Å². The van der Waals surface area contributed by atoms with Crippen molar-refractivity contribution in [3.8, 4) is 0 Å². The van der Waals surface area contributed by atoms with Gasteiger partial charge in [0.2, 0.25) is 0 Å². The third-order valence-corrected chi connectivity index (χ3v) is 4.00. The Morgan fingerprint density at radius 3 is 2.72 bits per heavy atom. The van der Waals surface area contributed by atoms with Crippen LogP contribution in [-0.4, -0.2) is 42.3 Å². The summed E-state index contributed by atoms with van der Waals surface area (Å²) < 4.78 is 5.50. The Labute approximate surface area is 110 Å². The molecule has 3 atom stereocenters. The third-order valence-electron chi connectivity index (χ3n) is 4.00. The number of carbonyl (C=O) groups is 1. The highest BCUT2D eigenvalue weighted by Gasteiger charge is 2.38. The lowest BCUT2D eigenvalue weighted by Gasteiger charge is -2.45. The standard InChI is InChI=1S/C14H26N2O2/c1-10-7-12-8-15-6-5-11(12)9-16(10)13(17)18-14(2,3)4/h10-12,15H,5-9H2,1-4H3. The fourth-order valence-corrected chi connectivity index (χ4v) is 3.07. The van der Waals surface area contributed by atoms with E-state index in [1.54, 1.807) is 0 Å². The normalized spacial score (nSPS) is 32.9. The quantitative estimate of drug-likeness (QED) is 0.721. The zero-order valence-electron chi connectivity index (χ0n) is 12.0. The van der Waals surface area contributed by atoms with Crippen molar-refractivity contribution in [3.05, 3.63) is 0 Å². The van der Waals surface area contributed by atoms with Crippen molar-refractivity contribution in [1.82, 2.24) is 10.2 Å². The van der Waals surface area contributed by atoms with E-state index in [0.29, 0.717) is 12.0 Å². The second-order valence-corrected chi connectivity index (χ2v) is 6.73. The van der Waals surface area contributed by atoms with Gasteiger partial charge < -0.3 is 15.0 Å². The molecule has 0 radical (unpaired) electrons. The van der Waals surface area contributed by atoms with Crippen molar-refractivity contribution in [2.75, 3.05) is 19.6 Å². The fourth-order valence-electron chi connectivity index (χ4n) is 3.07. The summed E-state index contributed by atoms with van der Waals surface area (Å²) in [6.45, 7) is 11.0. The second kappa shape index (κ2) is 5.08. The molecule has 0 saturated carbocycles. The molecular formula is C14H26N2O2. The van der Waals surface area contributed by atoms with Crippen molar-refractivity contribution in [3.63, 3.8) is 0 Å². The number of nitrogens with one attached hydrogen (secondary N) is 1. The molecule has 2 fully saturated rings. The first-order chi connectivity index (χ1) is 8.37. The van der Waals surface area contributed by atoms with Gasteiger partial charge in [-0.25, -0.2) is 4.79 Å². The number of likely N-dealkylation sites (tertiary alicyclic amines) is 1. The average Bonchev–Trinajstić information content (AvgIpc) is 2.25. The monoisotopic (exact) mass is 254 g/mol. The summed E-state index contributed by atoms with van der Waals surface area (Å²) >= 11 is 0. The van der Waals surface area contributed by atoms with Crippen molar-refractivity contribution in [2.24, 2.45) is 11.8 Å². The maximum absolute atomic E-state index is 12.2. The number of ether oxygens (including phenoxy) is 1. The Bertz CT molecular complexity index is 311. The number of piperidine rings is 2. The van der Waals surface area contributed by atoms with E-state index >= 15 is 0 Å². The molecule has 2 aliphatic heterocycles. The molecule has 104 valence electrons. The third kappa shape index (κ3) is 3.16. The largest absolute Gasteiger partial charge is 0.444 e. The molecule has 0 aromatic carbocycles. The minimum absolute atomic E-state index is 0.146. The molecule has 2 aliphatic rings. The number of fused-ring (bicyclic) bond motifs is 1. The molecule has 1 amide bonds. The number of carbonyl (C=O) groups excluding carboxylic acids is 1. The van der Waals surface area contributed by atoms with E-state index in [1.165, 1.54) is 6.42 Å². The number of nitrogens with zero attached hydrogens (tertiary/aromatic N) is 1. The first-order valence-electron chi connectivity index (χ1n) is 7.07. The minimum atomic E-state index is -0.401. The Hall–Kier alpha value is -0.770. The van der Waals surface area contributed by atoms with Crippen molar-refractivity contribution in [1.29, 1.82) is 0 Å². The van der Waals surface area contributed by atoms with Gasteiger partial charge in [-0.2, -0.15) is 0 Å². The van der Waals surface area contributed by atoms with Crippen LogP contribution < -0.4 is 5.32 Å². The summed E-state index contributed by atoms with van der Waals surface area (Å²) in [5, 5.41) is 3.45. The number of rotatable bonds is 0. The summed E-state index contributed by atoms with van der Waals surface area (Å²) in [5.41, 5.74) is -0.401. The zero-order valence-corrected chi connectivity index (χ0v) is 12.0. The molecule has 2 rings (SSSR count). The van der Waals surface area contributed by atoms with Crippen LogP contribution in [0.15, 0.2) is 0 Å². The molecule has 4 nitrogen and oxygen atoms in total. The van der Waals surface area contributed by atoms with E-state index in [-0.39, 0.29) is 6.09 Å². The number of hydrogen-bond acceptors (Lipinski definition) is 3. The van der Waals surface area contributed by atoms with E-state index < -0.39 is 5.60 Å². The van der Waals surface area contributed by atoms with Gasteiger partial charge in [0.25, 0.3) is 0 Å². The van der Waals surface area contributed by atoms with Crippen LogP contribution in [0, 0.1) is 11.8 Å². The van der Waals surface area contributed by atoms with E-state index in [0.717, 1.165) is 32.0 Å². The molecule has 0 aromatic rings. The van der Waals surface area contributed by atoms with Crippen LogP contribution in [0.3, 0.4) is 0 Å². The summed E-state index contributed by atoms with van der Waals surface area (Å²) in [6.07, 6.45) is 2.13. The average molecular weight is 254 g/mol. The van der Waals surface area contributed by atoms with Gasteiger partial charge >= 0.3 is 6.09 Å². The number of hydrogen-bond donors (Lipinski definition) is 1. The van der Waals surface area contributed by atoms with Crippen LogP contribution in [0.4, 0.5) is 4.79 Å². The van der Waals surface area contributed by atoms with Crippen LogP contribution in [0.25, 0.3) is 0 Å². The van der Waals surface area contributed by atoms with E-state index in [9.17, 15) is 4.79 Å². The van der Waals surface area contributed by atoms with Crippen LogP contribution in [-0.2, 0) is 4.74 Å². The van der Waals surface area contributed by atoms with Crippen LogP contribution in [0.5, 0.6) is 0 Å². The summed E-state index contributed by atoms with van der Waals surface area (Å²) in [5.74, 6) is 1.38. The molecule has 1 N–H and O–H groups in total. The highest BCUT2D eigenvalue weighted by atomic mass is 16.6. The molecule has 2 saturated heterocycles. The lowest BCUT2D eigenvalue weighted by molar-refractivity contribution is -0.00774. The van der Waals surface area contributed by atoms with Gasteiger partial charge in [0, 0.05) is 12.6 Å². The molecule has 0 aliphatic carbocycles. The second-order valence-electron chi connectivity index (χ2n) is 6.73. The van der Waals surface area contributed by atoms with Gasteiger partial charge in [-0.05, 0) is 65.5 Å². The predicted molar refractivity (Wildman–Crippen MR) is 71.5 cm³/mol. The molecule has 2 heterocycles. The van der Waals surface area contributed by atoms with Gasteiger partial charge in [0.1, 0.15) is 5.60 Å². The van der Waals surface area contributed by atoms with Gasteiger partial charge in [0.15, 0.2) is 0 Å². The molecular weight excluding hydrogens is 228 g/mol. The highest BCUT2D eigenvalue weighted by molar-refractivity contribution is 5.68. The summed E-state index contributed by atoms with van der Waals surface area (Å²) in [7, 11) is 0. The van der Waals surface area contributed by atoms with Gasteiger partial charge in [0.05, 0.1) is 0 Å². The summed E-state index contributed by atoms with van der Waals surface area (Å²) in [4.78, 5) is 14.1. The molecule has 0 aromatic heterocycles. The summed E-state index contributed by atoms with van der Waals surface area (Å²) in [6, 6.07) is 0.293. The van der Waals surface area contributed by atoms with Crippen molar-refractivity contribution in [2.45, 2.75) is 52.2 Å². The molecule has 18 heavy (non-hydrogen) atoms. The topological polar surface area (TPSA) is 41.6 Å². The zero-order chi connectivity index (χ0) is 13.3. The van der Waals surface area contributed by atoms with Crippen LogP contribution in [0.1, 0.15) is 40.5 Å². The van der Waals surface area contributed by atoms with Crippen LogP contribution >= 0.6 is 0 Å². The van der Waals surface area contributed by atoms with Crippen LogP contribution in [0.2, 0.25) is 0 Å². The Kier molecular flexibility index (Phi) is 3.85. The lowest BCUT2D eigenvalue weighted by Crippen LogP contribution is -2.54. The first kappa shape index (κ1) is 13.7. The molecule has 0 spiro atoms. The van der Waals surface area contributed by atoms with Crippen molar-refractivity contribution >= 4 is 6.09 Å². The Morgan fingerprint density at radius 1 is 1.33 bits per heavy atom. The van der Waals surface area contributed by atoms with Gasteiger partial charge in [-0.15, -0.1) is 0 Å². The Morgan fingerprint density at radius 2 is 2.06 bits per heavy atom. The maximum atomic E-state index is 12.2. The number of amides is 1. The smallest absolute Gasteiger partial charge is 0.410 e. The predicted octanol–water partition coefficient (Wildman–Crippen LogP) is 2.24. The highest BCUT2D eigenvalue weighted by Crippen LogP contribution is 2.32. The lowest BCUT2D eigenvalue weighted by atomic mass is 9.78. The van der Waals surface area contributed by atoms with Crippen molar-refractivity contribution < 1.29 is 9.53 Å². The SMILES string of the molecule is CC1CC2CNCCC2CN1C(=O)OC(C)(C)C. The molecule has 4 heteroatoms. The molecule has 0 bridgehead atoms. The van der Waals surface area contributed by atoms with Gasteiger partial charge in [-0.1, -0.05) is 0 Å². The Balaban J connectivity index is 1.98. The first-order valence-corrected chi connectivity index (χ1v) is 7.07. The van der Waals surface area contributed by atoms with Gasteiger partial charge in [-0.3, -0.25) is 0 Å².